The smallest absolute Gasteiger partial charge is 0.0798 e. The average Bonchev–Trinajstić information content (AvgIpc) is 3.56. The van der Waals surface area contributed by atoms with Crippen molar-refractivity contribution in [2.75, 3.05) is 0 Å². The molecule has 8 aromatic rings. The molecule has 3 heterocycles. The van der Waals surface area contributed by atoms with Gasteiger partial charge in [0.1, 0.15) is 0 Å². The molecule has 0 N–H and O–H groups in total. The van der Waals surface area contributed by atoms with E-state index in [1.807, 2.05) is 81.4 Å². The van der Waals surface area contributed by atoms with Gasteiger partial charge >= 0.3 is 0 Å². The Labute approximate surface area is 348 Å². The number of rotatable bonds is 7. The number of aryl methyl sites for hydroxylation is 2. The number of hydrogen-bond acceptors (Lipinski definition) is 3. The maximum absolute atomic E-state index is 9.28. The van der Waals surface area contributed by atoms with Gasteiger partial charge < -0.3 is 9.97 Å². The molecule has 0 aliphatic rings. The van der Waals surface area contributed by atoms with Crippen LogP contribution < -0.4 is 5.19 Å². The van der Waals surface area contributed by atoms with Crippen LogP contribution in [0, 0.1) is 26.0 Å². The van der Waals surface area contributed by atoms with Crippen molar-refractivity contribution in [2.24, 2.45) is 0 Å². The van der Waals surface area contributed by atoms with Crippen molar-refractivity contribution < 1.29 is 22.8 Å². The van der Waals surface area contributed by atoms with Gasteiger partial charge in [-0.2, -0.15) is 11.3 Å². The van der Waals surface area contributed by atoms with Crippen molar-refractivity contribution in [3.8, 4) is 33.6 Å². The zero-order valence-electron chi connectivity index (χ0n) is 34.8. The van der Waals surface area contributed by atoms with E-state index in [9.17, 15) is 1.37 Å². The number of benzene rings is 5. The fourth-order valence-electron chi connectivity index (χ4n) is 7.00. The minimum absolute atomic E-state index is 0. The van der Waals surface area contributed by atoms with Crippen LogP contribution in [0.3, 0.4) is 0 Å². The summed E-state index contributed by atoms with van der Waals surface area (Å²) in [5, 5.41) is 3.88. The summed E-state index contributed by atoms with van der Waals surface area (Å²) in [7, 11) is -1.27. The van der Waals surface area contributed by atoms with Crippen LogP contribution in [0.15, 0.2) is 134 Å². The Balaban J connectivity index is 0.000000256. The molecule has 0 amide bonds. The van der Waals surface area contributed by atoms with Crippen molar-refractivity contribution in [1.82, 2.24) is 9.97 Å². The van der Waals surface area contributed by atoms with Gasteiger partial charge in [-0.05, 0) is 86.4 Å². The van der Waals surface area contributed by atoms with Crippen LogP contribution in [0.2, 0.25) is 19.6 Å². The SMILES string of the molecule is Cc1cc(-c2[c-]cccc2)ncc1[Si](C)(C)C.[2H]C(C)(C)c1ccc(C([2H])(C)c2ccnc(-c3[c-]ccc4c3sc3cc(-c5cccc(C)c5)ccc34)c2)cc1.[Ir]. The van der Waals surface area contributed by atoms with Crippen LogP contribution >= 0.6 is 11.3 Å². The monoisotopic (exact) mass is 931 g/mol. The molecule has 0 bridgehead atoms. The first-order valence-corrected chi connectivity index (χ1v) is 22.9. The molecule has 0 saturated carbocycles. The third-order valence-electron chi connectivity index (χ3n) is 10.0. The van der Waals surface area contributed by atoms with Gasteiger partial charge in [-0.25, -0.2) is 0 Å². The van der Waals surface area contributed by atoms with Crippen LogP contribution in [-0.2, 0) is 20.1 Å². The van der Waals surface area contributed by atoms with Crippen molar-refractivity contribution in [2.45, 2.75) is 66.0 Å². The van der Waals surface area contributed by atoms with E-state index in [0.717, 1.165) is 43.9 Å². The normalized spacial score (nSPS) is 13.2. The molecule has 1 atom stereocenters. The van der Waals surface area contributed by atoms with Crippen molar-refractivity contribution in [3.63, 3.8) is 0 Å². The van der Waals surface area contributed by atoms with Gasteiger partial charge in [-0.1, -0.05) is 130 Å². The van der Waals surface area contributed by atoms with E-state index in [1.165, 1.54) is 42.9 Å². The Kier molecular flexibility index (Phi) is 11.6. The third-order valence-corrected chi connectivity index (χ3v) is 13.4. The Morgan fingerprint density at radius 2 is 1.44 bits per heavy atom. The molecule has 5 aromatic carbocycles. The second-order valence-corrected chi connectivity index (χ2v) is 21.4. The Hall–Kier alpha value is -4.51. The summed E-state index contributed by atoms with van der Waals surface area (Å²) < 4.78 is 20.0. The Morgan fingerprint density at radius 3 is 2.13 bits per heavy atom. The van der Waals surface area contributed by atoms with Gasteiger partial charge in [-0.15, -0.1) is 59.7 Å². The summed E-state index contributed by atoms with van der Waals surface area (Å²) >= 11 is 1.77. The molecular weight excluding hydrogens is 881 g/mol. The van der Waals surface area contributed by atoms with E-state index in [1.54, 1.807) is 17.5 Å². The van der Waals surface area contributed by atoms with Gasteiger partial charge in [0.15, 0.2) is 0 Å². The fraction of sp³-hybridized carbons (Fsp3) is 0.200. The van der Waals surface area contributed by atoms with E-state index < -0.39 is 19.9 Å². The zero-order chi connectivity index (χ0) is 39.8. The van der Waals surface area contributed by atoms with Crippen molar-refractivity contribution in [3.05, 3.63) is 174 Å². The largest absolute Gasteiger partial charge is 0.305 e. The summed E-state index contributed by atoms with van der Waals surface area (Å²) in [5.74, 6) is -1.63. The summed E-state index contributed by atoms with van der Waals surface area (Å²) in [6.45, 7) is 17.0. The number of pyridine rings is 2. The molecular formula is C50H48IrN2SSi-2. The molecule has 55 heavy (non-hydrogen) atoms. The Bertz CT molecular complexity index is 2660. The number of hydrogen-bond donors (Lipinski definition) is 0. The molecule has 0 aliphatic carbocycles. The van der Waals surface area contributed by atoms with Crippen molar-refractivity contribution >= 4 is 44.8 Å². The van der Waals surface area contributed by atoms with E-state index in [4.69, 9.17) is 6.35 Å². The molecule has 0 aliphatic heterocycles. The molecule has 0 spiro atoms. The summed E-state index contributed by atoms with van der Waals surface area (Å²) in [5.41, 5.74) is 11.6. The van der Waals surface area contributed by atoms with Gasteiger partial charge in [0.2, 0.25) is 0 Å². The summed E-state index contributed by atoms with van der Waals surface area (Å²) in [6, 6.07) is 48.1. The maximum Gasteiger partial charge on any atom is 0.0798 e. The summed E-state index contributed by atoms with van der Waals surface area (Å²) in [6.07, 6.45) is 3.85. The van der Waals surface area contributed by atoms with E-state index in [-0.39, 0.29) is 20.1 Å². The molecule has 8 rings (SSSR count). The van der Waals surface area contributed by atoms with Crippen LogP contribution in [0.5, 0.6) is 0 Å². The van der Waals surface area contributed by atoms with Crippen LogP contribution in [0.4, 0.5) is 0 Å². The molecule has 279 valence electrons. The Morgan fingerprint density at radius 1 is 0.673 bits per heavy atom. The molecule has 1 radical (unpaired) electrons. The fourth-order valence-corrected chi connectivity index (χ4v) is 9.95. The minimum atomic E-state index is -1.27. The predicted molar refractivity (Wildman–Crippen MR) is 236 cm³/mol. The quantitative estimate of drug-likeness (QED) is 0.118. The second kappa shape index (κ2) is 17.1. The first-order valence-electron chi connectivity index (χ1n) is 19.6. The molecule has 2 nitrogen and oxygen atoms in total. The molecule has 3 aromatic heterocycles. The average molecular weight is 931 g/mol. The first-order chi connectivity index (χ1) is 26.6. The number of aromatic nitrogens is 2. The van der Waals surface area contributed by atoms with E-state index in [2.05, 4.69) is 117 Å². The first kappa shape index (κ1) is 37.4. The topological polar surface area (TPSA) is 25.8 Å². The third kappa shape index (κ3) is 8.98. The number of thiophene rings is 1. The minimum Gasteiger partial charge on any atom is -0.305 e. The number of fused-ring (bicyclic) bond motifs is 3. The van der Waals surface area contributed by atoms with Gasteiger partial charge in [0.05, 0.1) is 8.07 Å². The van der Waals surface area contributed by atoms with Crippen LogP contribution in [0.1, 0.15) is 63.1 Å². The summed E-state index contributed by atoms with van der Waals surface area (Å²) in [4.78, 5) is 9.31. The van der Waals surface area contributed by atoms with E-state index >= 15 is 0 Å². The van der Waals surface area contributed by atoms with Gasteiger partial charge in [0, 0.05) is 45.8 Å². The molecule has 5 heteroatoms. The molecule has 1 unspecified atom stereocenters. The zero-order valence-corrected chi connectivity index (χ0v) is 37.0. The maximum atomic E-state index is 9.28. The number of nitrogens with zero attached hydrogens (tertiary/aromatic N) is 2. The van der Waals surface area contributed by atoms with Gasteiger partial charge in [-0.3, -0.25) is 0 Å². The standard InChI is InChI=1S/C35H30NS.C15H18NSi.Ir/c1-22(2)25-11-13-26(14-12-25)24(4)27-17-18-36-33(20-27)32-10-6-9-31-30-16-15-29(21-34(30)37-35(31)32)28-8-5-7-23(3)19-28;1-12-10-14(13-8-6-5-7-9-13)16-11-15(12)17(2,3)4;/h5-9,11-22,24H,1-4H3;5-8,10-11H,1-4H3;/q2*-1;/i22D,24D;;. The van der Waals surface area contributed by atoms with E-state index in [0.29, 0.717) is 0 Å². The van der Waals surface area contributed by atoms with Gasteiger partial charge in [0.25, 0.3) is 0 Å². The second-order valence-electron chi connectivity index (χ2n) is 15.3. The predicted octanol–water partition coefficient (Wildman–Crippen LogP) is 13.6. The van der Waals surface area contributed by atoms with Crippen molar-refractivity contribution in [1.29, 1.82) is 0 Å². The van der Waals surface area contributed by atoms with Crippen LogP contribution in [0.25, 0.3) is 53.8 Å². The molecule has 0 saturated heterocycles. The van der Waals surface area contributed by atoms with Crippen LogP contribution in [-0.4, -0.2) is 18.0 Å². The molecule has 0 fully saturated rings.